The molecule has 1 aromatic heterocycles. The van der Waals surface area contributed by atoms with Crippen molar-refractivity contribution in [1.82, 2.24) is 9.55 Å². The lowest BCUT2D eigenvalue weighted by Gasteiger charge is -2.06. The number of ether oxygens (including phenoxy) is 3. The second kappa shape index (κ2) is 7.67. The summed E-state index contributed by atoms with van der Waals surface area (Å²) >= 11 is 0. The van der Waals surface area contributed by atoms with Gasteiger partial charge in [0, 0.05) is 20.3 Å². The number of nitrogen functional groups attached to an aromatic ring is 1. The molecule has 0 fully saturated rings. The molecule has 0 aliphatic heterocycles. The third-order valence-corrected chi connectivity index (χ3v) is 2.38. The lowest BCUT2D eigenvalue weighted by atomic mass is 10.4. The summed E-state index contributed by atoms with van der Waals surface area (Å²) < 4.78 is 16.4. The molecule has 0 unspecified atom stereocenters. The number of aromatic nitrogens is 2. The Morgan fingerprint density at radius 2 is 2.17 bits per heavy atom. The van der Waals surface area contributed by atoms with Crippen LogP contribution in [0.3, 0.4) is 0 Å². The fraction of sp³-hybridized carbons (Fsp3) is 0.636. The number of nitrogens with zero attached hydrogens (tertiary/aromatic N) is 2. The van der Waals surface area contributed by atoms with Crippen LogP contribution in [0, 0.1) is 0 Å². The molecular weight excluding hydrogens is 238 g/mol. The van der Waals surface area contributed by atoms with Gasteiger partial charge in [-0.25, -0.2) is 9.78 Å². The van der Waals surface area contributed by atoms with E-state index in [-0.39, 0.29) is 5.69 Å². The minimum absolute atomic E-state index is 0.151. The number of esters is 1. The first-order valence-corrected chi connectivity index (χ1v) is 5.66. The molecule has 2 N–H and O–H groups in total. The van der Waals surface area contributed by atoms with E-state index in [0.29, 0.717) is 32.2 Å². The summed E-state index contributed by atoms with van der Waals surface area (Å²) in [6, 6.07) is 0. The predicted octanol–water partition coefficient (Wildman–Crippen LogP) is 0.305. The largest absolute Gasteiger partial charge is 0.464 e. The van der Waals surface area contributed by atoms with Crippen molar-refractivity contribution in [1.29, 1.82) is 0 Å². The molecule has 1 heterocycles. The first-order chi connectivity index (χ1) is 8.70. The quantitative estimate of drug-likeness (QED) is 0.532. The van der Waals surface area contributed by atoms with Gasteiger partial charge in [-0.2, -0.15) is 0 Å². The molecule has 1 rings (SSSR count). The highest BCUT2D eigenvalue weighted by Crippen LogP contribution is 2.11. The van der Waals surface area contributed by atoms with Gasteiger partial charge in [-0.15, -0.1) is 0 Å². The first kappa shape index (κ1) is 14.5. The lowest BCUT2D eigenvalue weighted by Crippen LogP contribution is -2.10. The summed E-state index contributed by atoms with van der Waals surface area (Å²) in [6.07, 6.45) is 2.31. The molecule has 0 bridgehead atoms. The maximum Gasteiger partial charge on any atom is 0.360 e. The standard InChI is InChI=1S/C11H19N3O4/c1-16-6-7-18-5-3-4-14-8-13-9(10(14)12)11(15)17-2/h8H,3-7,12H2,1-2H3. The topological polar surface area (TPSA) is 88.6 Å². The van der Waals surface area contributed by atoms with Crippen molar-refractivity contribution >= 4 is 11.8 Å². The van der Waals surface area contributed by atoms with E-state index in [1.165, 1.54) is 13.4 Å². The molecule has 102 valence electrons. The fourth-order valence-corrected chi connectivity index (χ4v) is 1.41. The highest BCUT2D eigenvalue weighted by molar-refractivity contribution is 5.91. The van der Waals surface area contributed by atoms with Gasteiger partial charge in [-0.05, 0) is 6.42 Å². The van der Waals surface area contributed by atoms with E-state index in [1.807, 2.05) is 0 Å². The molecular formula is C11H19N3O4. The number of rotatable bonds is 8. The summed E-state index contributed by atoms with van der Waals surface area (Å²) in [7, 11) is 2.92. The summed E-state index contributed by atoms with van der Waals surface area (Å²) in [5.41, 5.74) is 5.93. The number of hydrogen-bond donors (Lipinski definition) is 1. The van der Waals surface area contributed by atoms with Crippen LogP contribution in [-0.2, 0) is 20.8 Å². The van der Waals surface area contributed by atoms with Gasteiger partial charge in [-0.3, -0.25) is 0 Å². The number of carbonyl (C=O) groups is 1. The summed E-state index contributed by atoms with van der Waals surface area (Å²) in [5.74, 6) is -0.207. The number of aryl methyl sites for hydroxylation is 1. The Hall–Kier alpha value is -1.60. The predicted molar refractivity (Wildman–Crippen MR) is 65.3 cm³/mol. The molecule has 0 aromatic carbocycles. The zero-order valence-corrected chi connectivity index (χ0v) is 10.7. The van der Waals surface area contributed by atoms with E-state index in [9.17, 15) is 4.79 Å². The van der Waals surface area contributed by atoms with E-state index >= 15 is 0 Å². The Kier molecular flexibility index (Phi) is 6.16. The van der Waals surface area contributed by atoms with Gasteiger partial charge in [0.05, 0.1) is 26.7 Å². The molecule has 18 heavy (non-hydrogen) atoms. The third-order valence-electron chi connectivity index (χ3n) is 2.38. The molecule has 0 amide bonds. The highest BCUT2D eigenvalue weighted by Gasteiger charge is 2.15. The van der Waals surface area contributed by atoms with Gasteiger partial charge < -0.3 is 24.5 Å². The number of methoxy groups -OCH3 is 2. The average molecular weight is 257 g/mol. The Labute approximate surface area is 106 Å². The van der Waals surface area contributed by atoms with E-state index in [0.717, 1.165) is 6.42 Å². The second-order valence-corrected chi connectivity index (χ2v) is 3.62. The van der Waals surface area contributed by atoms with E-state index in [1.54, 1.807) is 11.7 Å². The van der Waals surface area contributed by atoms with Crippen molar-refractivity contribution in [3.8, 4) is 0 Å². The third kappa shape index (κ3) is 4.01. The normalized spacial score (nSPS) is 10.6. The van der Waals surface area contributed by atoms with Crippen molar-refractivity contribution in [2.24, 2.45) is 0 Å². The summed E-state index contributed by atoms with van der Waals surface area (Å²) in [5, 5.41) is 0. The second-order valence-electron chi connectivity index (χ2n) is 3.62. The highest BCUT2D eigenvalue weighted by atomic mass is 16.5. The molecule has 7 heteroatoms. The van der Waals surface area contributed by atoms with Crippen LogP contribution in [0.25, 0.3) is 0 Å². The molecule has 0 saturated heterocycles. The number of imidazole rings is 1. The van der Waals surface area contributed by atoms with Gasteiger partial charge in [-0.1, -0.05) is 0 Å². The van der Waals surface area contributed by atoms with Gasteiger partial charge in [0.2, 0.25) is 0 Å². The van der Waals surface area contributed by atoms with Gasteiger partial charge in [0.25, 0.3) is 0 Å². The zero-order valence-electron chi connectivity index (χ0n) is 10.7. The van der Waals surface area contributed by atoms with Crippen LogP contribution in [0.2, 0.25) is 0 Å². The summed E-state index contributed by atoms with van der Waals surface area (Å²) in [4.78, 5) is 15.2. The number of anilines is 1. The van der Waals surface area contributed by atoms with Crippen molar-refractivity contribution < 1.29 is 19.0 Å². The Morgan fingerprint density at radius 3 is 2.83 bits per heavy atom. The van der Waals surface area contributed by atoms with Crippen LogP contribution in [-0.4, -0.2) is 49.6 Å². The Bertz CT molecular complexity index is 378. The minimum atomic E-state index is -0.525. The maximum absolute atomic E-state index is 11.3. The molecule has 7 nitrogen and oxygen atoms in total. The molecule has 0 saturated carbocycles. The van der Waals surface area contributed by atoms with Crippen molar-refractivity contribution in [3.05, 3.63) is 12.0 Å². The monoisotopic (exact) mass is 257 g/mol. The van der Waals surface area contributed by atoms with Crippen LogP contribution in [0.1, 0.15) is 16.9 Å². The lowest BCUT2D eigenvalue weighted by molar-refractivity contribution is 0.0596. The molecule has 0 atom stereocenters. The molecule has 0 aliphatic rings. The van der Waals surface area contributed by atoms with Crippen LogP contribution in [0.4, 0.5) is 5.82 Å². The fourth-order valence-electron chi connectivity index (χ4n) is 1.41. The zero-order chi connectivity index (χ0) is 13.4. The van der Waals surface area contributed by atoms with Gasteiger partial charge in [0.1, 0.15) is 5.82 Å². The number of carbonyl (C=O) groups excluding carboxylic acids is 1. The Balaban J connectivity index is 2.35. The van der Waals surface area contributed by atoms with Gasteiger partial charge >= 0.3 is 5.97 Å². The van der Waals surface area contributed by atoms with Crippen LogP contribution >= 0.6 is 0 Å². The van der Waals surface area contributed by atoms with Crippen LogP contribution in [0.5, 0.6) is 0 Å². The van der Waals surface area contributed by atoms with Crippen LogP contribution in [0.15, 0.2) is 6.33 Å². The molecule has 0 radical (unpaired) electrons. The van der Waals surface area contributed by atoms with E-state index in [2.05, 4.69) is 9.72 Å². The van der Waals surface area contributed by atoms with E-state index in [4.69, 9.17) is 15.2 Å². The number of nitrogens with two attached hydrogens (primary N) is 1. The minimum Gasteiger partial charge on any atom is -0.464 e. The SMILES string of the molecule is COCCOCCCn1cnc(C(=O)OC)c1N. The Morgan fingerprint density at radius 1 is 1.39 bits per heavy atom. The van der Waals surface area contributed by atoms with Crippen molar-refractivity contribution in [2.45, 2.75) is 13.0 Å². The molecule has 0 aliphatic carbocycles. The molecule has 0 spiro atoms. The van der Waals surface area contributed by atoms with Crippen molar-refractivity contribution in [2.75, 3.05) is 39.8 Å². The van der Waals surface area contributed by atoms with Crippen LogP contribution < -0.4 is 5.73 Å². The smallest absolute Gasteiger partial charge is 0.360 e. The summed E-state index contributed by atoms with van der Waals surface area (Å²) in [6.45, 7) is 2.40. The van der Waals surface area contributed by atoms with Gasteiger partial charge in [0.15, 0.2) is 5.69 Å². The average Bonchev–Trinajstić information content (AvgIpc) is 2.74. The van der Waals surface area contributed by atoms with E-state index < -0.39 is 5.97 Å². The van der Waals surface area contributed by atoms with Crippen molar-refractivity contribution in [3.63, 3.8) is 0 Å². The maximum atomic E-state index is 11.3. The number of hydrogen-bond acceptors (Lipinski definition) is 6. The molecule has 1 aromatic rings. The first-order valence-electron chi connectivity index (χ1n) is 5.66.